The van der Waals surface area contributed by atoms with Gasteiger partial charge in [-0.05, 0) is 41.0 Å². The van der Waals surface area contributed by atoms with Gasteiger partial charge in [-0.15, -0.1) is 0 Å². The van der Waals surface area contributed by atoms with Crippen LogP contribution in [0.2, 0.25) is 0 Å². The van der Waals surface area contributed by atoms with Crippen LogP contribution in [-0.4, -0.2) is 30.3 Å². The third-order valence-electron chi connectivity index (χ3n) is 2.24. The second-order valence-electron chi connectivity index (χ2n) is 5.64. The molecule has 0 rings (SSSR count). The van der Waals surface area contributed by atoms with Crippen LogP contribution in [0, 0.1) is 0 Å². The van der Waals surface area contributed by atoms with Gasteiger partial charge >= 0.3 is 6.09 Å². The molecule has 0 aliphatic carbocycles. The quantitative estimate of drug-likeness (QED) is 0.755. The Morgan fingerprint density at radius 3 is 2.29 bits per heavy atom. The van der Waals surface area contributed by atoms with Crippen LogP contribution < -0.4 is 10.6 Å². The number of alkyl carbamates (subject to hydrolysis) is 1. The van der Waals surface area contributed by atoms with Crippen LogP contribution in [0.5, 0.6) is 0 Å². The molecule has 4 heteroatoms. The van der Waals surface area contributed by atoms with Gasteiger partial charge in [0.25, 0.3) is 0 Å². The molecule has 0 saturated carbocycles. The summed E-state index contributed by atoms with van der Waals surface area (Å²) in [6.45, 7) is 12.6. The summed E-state index contributed by atoms with van der Waals surface area (Å²) in [7, 11) is 0. The van der Waals surface area contributed by atoms with E-state index in [1.165, 1.54) is 6.42 Å². The molecule has 0 aromatic carbocycles. The number of ether oxygens (including phenoxy) is 1. The molecule has 0 aromatic rings. The number of hydrogen-bond acceptors (Lipinski definition) is 3. The van der Waals surface area contributed by atoms with Crippen LogP contribution in [0.4, 0.5) is 4.79 Å². The number of carbonyl (C=O) groups is 1. The van der Waals surface area contributed by atoms with E-state index >= 15 is 0 Å². The van der Waals surface area contributed by atoms with Gasteiger partial charge in [0.2, 0.25) is 0 Å². The molecule has 0 aliphatic rings. The Kier molecular flexibility index (Phi) is 7.19. The number of hydrogen-bond donors (Lipinski definition) is 2. The summed E-state index contributed by atoms with van der Waals surface area (Å²) in [5.41, 5.74) is -0.434. The smallest absolute Gasteiger partial charge is 0.407 e. The lowest BCUT2D eigenvalue weighted by atomic mass is 10.2. The van der Waals surface area contributed by atoms with Crippen molar-refractivity contribution in [2.24, 2.45) is 0 Å². The van der Waals surface area contributed by atoms with Gasteiger partial charge in [0.1, 0.15) is 5.60 Å². The predicted molar refractivity (Wildman–Crippen MR) is 71.2 cm³/mol. The standard InChI is InChI=1S/C13H28N2O2/c1-7-8-10(2)15-11(3)9-14-12(16)17-13(4,5)6/h10-11,15H,7-9H2,1-6H3,(H,14,16). The number of carbonyl (C=O) groups excluding carboxylic acids is 1. The Morgan fingerprint density at radius 2 is 1.82 bits per heavy atom. The molecule has 0 heterocycles. The number of nitrogens with one attached hydrogen (secondary N) is 2. The summed E-state index contributed by atoms with van der Waals surface area (Å²) in [5, 5.41) is 6.19. The van der Waals surface area contributed by atoms with Gasteiger partial charge in [-0.3, -0.25) is 0 Å². The van der Waals surface area contributed by atoms with Gasteiger partial charge in [-0.2, -0.15) is 0 Å². The Hall–Kier alpha value is -0.770. The average Bonchev–Trinajstić information content (AvgIpc) is 2.12. The second kappa shape index (κ2) is 7.54. The van der Waals surface area contributed by atoms with Crippen molar-refractivity contribution in [3.8, 4) is 0 Å². The first kappa shape index (κ1) is 16.2. The zero-order valence-electron chi connectivity index (χ0n) is 12.1. The summed E-state index contributed by atoms with van der Waals surface area (Å²) in [5.74, 6) is 0. The first-order chi connectivity index (χ1) is 7.74. The number of rotatable bonds is 6. The van der Waals surface area contributed by atoms with E-state index in [-0.39, 0.29) is 12.1 Å². The number of amides is 1. The predicted octanol–water partition coefficient (Wildman–Crippen LogP) is 2.68. The van der Waals surface area contributed by atoms with Gasteiger partial charge in [0.05, 0.1) is 0 Å². The Bertz CT molecular complexity index is 224. The van der Waals surface area contributed by atoms with E-state index in [9.17, 15) is 4.79 Å². The zero-order chi connectivity index (χ0) is 13.5. The lowest BCUT2D eigenvalue weighted by Crippen LogP contribution is -2.44. The fraction of sp³-hybridized carbons (Fsp3) is 0.923. The van der Waals surface area contributed by atoms with E-state index in [0.717, 1.165) is 6.42 Å². The van der Waals surface area contributed by atoms with Crippen LogP contribution >= 0.6 is 0 Å². The maximum Gasteiger partial charge on any atom is 0.407 e. The van der Waals surface area contributed by atoms with Crippen LogP contribution in [-0.2, 0) is 4.74 Å². The van der Waals surface area contributed by atoms with E-state index in [2.05, 4.69) is 31.4 Å². The van der Waals surface area contributed by atoms with Crippen molar-refractivity contribution in [3.05, 3.63) is 0 Å². The summed E-state index contributed by atoms with van der Waals surface area (Å²) >= 11 is 0. The molecule has 2 N–H and O–H groups in total. The minimum atomic E-state index is -0.434. The molecular formula is C13H28N2O2. The van der Waals surface area contributed by atoms with Gasteiger partial charge in [-0.1, -0.05) is 13.3 Å². The van der Waals surface area contributed by atoms with E-state index in [1.807, 2.05) is 20.8 Å². The molecule has 17 heavy (non-hydrogen) atoms. The van der Waals surface area contributed by atoms with E-state index in [1.54, 1.807) is 0 Å². The Balaban J connectivity index is 3.76. The van der Waals surface area contributed by atoms with Crippen molar-refractivity contribution in [2.75, 3.05) is 6.54 Å². The lowest BCUT2D eigenvalue weighted by Gasteiger charge is -2.22. The van der Waals surface area contributed by atoms with Crippen LogP contribution in [0.25, 0.3) is 0 Å². The van der Waals surface area contributed by atoms with E-state index < -0.39 is 5.60 Å². The molecule has 0 aromatic heterocycles. The molecule has 0 aliphatic heterocycles. The third-order valence-corrected chi connectivity index (χ3v) is 2.24. The fourth-order valence-corrected chi connectivity index (χ4v) is 1.61. The molecule has 1 amide bonds. The Labute approximate surface area is 105 Å². The van der Waals surface area contributed by atoms with Gasteiger partial charge in [0, 0.05) is 18.6 Å². The minimum Gasteiger partial charge on any atom is -0.444 e. The molecule has 0 bridgehead atoms. The van der Waals surface area contributed by atoms with E-state index in [0.29, 0.717) is 12.6 Å². The average molecular weight is 244 g/mol. The Morgan fingerprint density at radius 1 is 1.24 bits per heavy atom. The lowest BCUT2D eigenvalue weighted by molar-refractivity contribution is 0.0522. The van der Waals surface area contributed by atoms with Crippen LogP contribution in [0.1, 0.15) is 54.4 Å². The van der Waals surface area contributed by atoms with Crippen LogP contribution in [0.15, 0.2) is 0 Å². The monoisotopic (exact) mass is 244 g/mol. The highest BCUT2D eigenvalue weighted by molar-refractivity contribution is 5.67. The molecule has 102 valence electrons. The van der Waals surface area contributed by atoms with Crippen molar-refractivity contribution in [2.45, 2.75) is 72.1 Å². The third kappa shape index (κ3) is 10.1. The maximum absolute atomic E-state index is 11.4. The summed E-state index contributed by atoms with van der Waals surface area (Å²) in [6, 6.07) is 0.736. The normalized spacial score (nSPS) is 15.2. The highest BCUT2D eigenvalue weighted by Crippen LogP contribution is 2.06. The topological polar surface area (TPSA) is 50.4 Å². The van der Waals surface area contributed by atoms with Crippen molar-refractivity contribution >= 4 is 6.09 Å². The zero-order valence-corrected chi connectivity index (χ0v) is 12.1. The first-order valence-electron chi connectivity index (χ1n) is 6.47. The molecular weight excluding hydrogens is 216 g/mol. The fourth-order valence-electron chi connectivity index (χ4n) is 1.61. The molecule has 4 nitrogen and oxygen atoms in total. The first-order valence-corrected chi connectivity index (χ1v) is 6.47. The molecule has 2 unspecified atom stereocenters. The highest BCUT2D eigenvalue weighted by Gasteiger charge is 2.16. The van der Waals surface area contributed by atoms with E-state index in [4.69, 9.17) is 4.74 Å². The highest BCUT2D eigenvalue weighted by atomic mass is 16.6. The van der Waals surface area contributed by atoms with Gasteiger partial charge in [-0.25, -0.2) is 4.79 Å². The van der Waals surface area contributed by atoms with Gasteiger partial charge < -0.3 is 15.4 Å². The minimum absolute atomic E-state index is 0.254. The van der Waals surface area contributed by atoms with Crippen LogP contribution in [0.3, 0.4) is 0 Å². The van der Waals surface area contributed by atoms with Crippen molar-refractivity contribution in [3.63, 3.8) is 0 Å². The molecule has 0 fully saturated rings. The SMILES string of the molecule is CCCC(C)NC(C)CNC(=O)OC(C)(C)C. The van der Waals surface area contributed by atoms with Crippen molar-refractivity contribution in [1.29, 1.82) is 0 Å². The molecule has 0 radical (unpaired) electrons. The molecule has 0 saturated heterocycles. The molecule has 0 spiro atoms. The summed E-state index contributed by atoms with van der Waals surface area (Å²) in [4.78, 5) is 11.4. The van der Waals surface area contributed by atoms with Crippen molar-refractivity contribution < 1.29 is 9.53 Å². The largest absolute Gasteiger partial charge is 0.444 e. The summed E-state index contributed by atoms with van der Waals surface area (Å²) < 4.78 is 5.16. The molecule has 2 atom stereocenters. The second-order valence-corrected chi connectivity index (χ2v) is 5.64. The van der Waals surface area contributed by atoms with Gasteiger partial charge in [0.15, 0.2) is 0 Å². The van der Waals surface area contributed by atoms with Crippen molar-refractivity contribution in [1.82, 2.24) is 10.6 Å². The maximum atomic E-state index is 11.4. The summed E-state index contributed by atoms with van der Waals surface area (Å²) in [6.07, 6.45) is 1.96.